The lowest BCUT2D eigenvalue weighted by Crippen LogP contribution is -2.44. The Morgan fingerprint density at radius 3 is 2.22 bits per heavy atom. The molecule has 0 spiro atoms. The maximum Gasteiger partial charge on any atom is 0.322 e. The summed E-state index contributed by atoms with van der Waals surface area (Å²) in [6, 6.07) is 19.1. The Bertz CT molecular complexity index is 996. The summed E-state index contributed by atoms with van der Waals surface area (Å²) in [4.78, 5) is 29.7. The van der Waals surface area contributed by atoms with Crippen LogP contribution in [0.3, 0.4) is 0 Å². The van der Waals surface area contributed by atoms with E-state index in [1.165, 1.54) is 0 Å². The molecular formula is C26H31N3O3. The number of urea groups is 1. The third-order valence-corrected chi connectivity index (χ3v) is 5.32. The van der Waals surface area contributed by atoms with E-state index in [0.29, 0.717) is 25.4 Å². The van der Waals surface area contributed by atoms with Crippen molar-refractivity contribution in [3.05, 3.63) is 89.4 Å². The second kappa shape index (κ2) is 11.2. The van der Waals surface area contributed by atoms with E-state index < -0.39 is 0 Å². The van der Waals surface area contributed by atoms with Crippen LogP contribution in [0.2, 0.25) is 0 Å². The van der Waals surface area contributed by atoms with Crippen molar-refractivity contribution >= 4 is 17.6 Å². The number of hydrogen-bond donors (Lipinski definition) is 1. The maximum atomic E-state index is 13.3. The summed E-state index contributed by atoms with van der Waals surface area (Å²) >= 11 is 0. The van der Waals surface area contributed by atoms with Gasteiger partial charge in [0.25, 0.3) is 0 Å². The first-order valence-electron chi connectivity index (χ1n) is 10.9. The molecule has 0 unspecified atom stereocenters. The Hall–Kier alpha value is -3.54. The van der Waals surface area contributed by atoms with Gasteiger partial charge in [-0.25, -0.2) is 4.79 Å². The highest BCUT2D eigenvalue weighted by Crippen LogP contribution is 2.20. The number of nitrogens with zero attached hydrogens (tertiary/aromatic N) is 2. The van der Waals surface area contributed by atoms with Crippen LogP contribution in [0.15, 0.2) is 71.3 Å². The summed E-state index contributed by atoms with van der Waals surface area (Å²) < 4.78 is 5.47. The third-order valence-electron chi connectivity index (χ3n) is 5.32. The number of hydrogen-bond acceptors (Lipinski definition) is 3. The van der Waals surface area contributed by atoms with E-state index in [2.05, 4.69) is 5.32 Å². The second-order valence-electron chi connectivity index (χ2n) is 7.93. The Morgan fingerprint density at radius 1 is 0.875 bits per heavy atom. The van der Waals surface area contributed by atoms with E-state index in [1.807, 2.05) is 81.4 Å². The highest BCUT2D eigenvalue weighted by Gasteiger charge is 2.22. The van der Waals surface area contributed by atoms with Crippen molar-refractivity contribution in [2.45, 2.75) is 40.3 Å². The highest BCUT2D eigenvalue weighted by molar-refractivity contribution is 5.93. The zero-order chi connectivity index (χ0) is 22.9. The van der Waals surface area contributed by atoms with Crippen molar-refractivity contribution in [1.82, 2.24) is 9.80 Å². The van der Waals surface area contributed by atoms with Gasteiger partial charge in [0.2, 0.25) is 5.91 Å². The van der Waals surface area contributed by atoms with Gasteiger partial charge in [-0.15, -0.1) is 0 Å². The summed E-state index contributed by atoms with van der Waals surface area (Å²) in [6.45, 7) is 7.19. The number of furan rings is 1. The molecule has 0 bridgehead atoms. The molecule has 0 aliphatic heterocycles. The van der Waals surface area contributed by atoms with Crippen LogP contribution in [0.1, 0.15) is 35.8 Å². The largest absolute Gasteiger partial charge is 0.467 e. The van der Waals surface area contributed by atoms with Gasteiger partial charge in [-0.05, 0) is 49.1 Å². The SMILES string of the molecule is CCCN(CC(=O)N(Cc1ccccc1)Cc1ccco1)C(=O)Nc1c(C)cccc1C. The lowest BCUT2D eigenvalue weighted by molar-refractivity contribution is -0.133. The standard InChI is InChI=1S/C26H31N3O3/c1-4-15-28(26(31)27-25-20(2)10-8-11-21(25)3)19-24(30)29(18-23-14-9-16-32-23)17-22-12-6-5-7-13-22/h5-14,16H,4,15,17-19H2,1-3H3,(H,27,31). The van der Waals surface area contributed by atoms with Crippen LogP contribution in [0.4, 0.5) is 10.5 Å². The van der Waals surface area contributed by atoms with E-state index in [1.54, 1.807) is 16.1 Å². The van der Waals surface area contributed by atoms with Gasteiger partial charge in [0, 0.05) is 18.8 Å². The first-order chi connectivity index (χ1) is 15.5. The molecular weight excluding hydrogens is 402 g/mol. The minimum absolute atomic E-state index is 0.00184. The van der Waals surface area contributed by atoms with Crippen LogP contribution in [-0.4, -0.2) is 34.8 Å². The van der Waals surface area contributed by atoms with E-state index in [0.717, 1.165) is 28.8 Å². The predicted molar refractivity (Wildman–Crippen MR) is 126 cm³/mol. The second-order valence-corrected chi connectivity index (χ2v) is 7.93. The van der Waals surface area contributed by atoms with E-state index >= 15 is 0 Å². The number of rotatable bonds is 9. The quantitative estimate of drug-likeness (QED) is 0.493. The monoisotopic (exact) mass is 433 g/mol. The minimum Gasteiger partial charge on any atom is -0.467 e. The molecule has 6 heteroatoms. The van der Waals surface area contributed by atoms with Gasteiger partial charge in [-0.1, -0.05) is 55.5 Å². The Kier molecular flexibility index (Phi) is 8.08. The highest BCUT2D eigenvalue weighted by atomic mass is 16.3. The van der Waals surface area contributed by atoms with E-state index in [-0.39, 0.29) is 18.5 Å². The first-order valence-corrected chi connectivity index (χ1v) is 10.9. The molecule has 0 saturated heterocycles. The van der Waals surface area contributed by atoms with Gasteiger partial charge >= 0.3 is 6.03 Å². The summed E-state index contributed by atoms with van der Waals surface area (Å²) in [5, 5.41) is 3.00. The Labute approximate surface area is 189 Å². The van der Waals surface area contributed by atoms with Crippen LogP contribution < -0.4 is 5.32 Å². The van der Waals surface area contributed by atoms with Crippen LogP contribution >= 0.6 is 0 Å². The topological polar surface area (TPSA) is 65.8 Å². The van der Waals surface area contributed by atoms with Crippen molar-refractivity contribution in [3.63, 3.8) is 0 Å². The van der Waals surface area contributed by atoms with Gasteiger partial charge in [-0.3, -0.25) is 4.79 Å². The molecule has 0 atom stereocenters. The number of nitrogens with one attached hydrogen (secondary N) is 1. The summed E-state index contributed by atoms with van der Waals surface area (Å²) in [7, 11) is 0. The van der Waals surface area contributed by atoms with Crippen molar-refractivity contribution in [2.24, 2.45) is 0 Å². The Morgan fingerprint density at radius 2 is 1.59 bits per heavy atom. The van der Waals surface area contributed by atoms with Crippen molar-refractivity contribution in [2.75, 3.05) is 18.4 Å². The molecule has 2 aromatic carbocycles. The van der Waals surface area contributed by atoms with Crippen molar-refractivity contribution < 1.29 is 14.0 Å². The van der Waals surface area contributed by atoms with Crippen molar-refractivity contribution in [3.8, 4) is 0 Å². The molecule has 0 fully saturated rings. The van der Waals surface area contributed by atoms with Gasteiger partial charge in [0.05, 0.1) is 12.8 Å². The zero-order valence-electron chi connectivity index (χ0n) is 19.0. The molecule has 1 N–H and O–H groups in total. The fraction of sp³-hybridized carbons (Fsp3) is 0.308. The van der Waals surface area contributed by atoms with E-state index in [9.17, 15) is 9.59 Å². The molecule has 1 aromatic heterocycles. The average Bonchev–Trinajstić information content (AvgIpc) is 3.29. The molecule has 32 heavy (non-hydrogen) atoms. The number of anilines is 1. The predicted octanol–water partition coefficient (Wildman–Crippen LogP) is 5.37. The van der Waals surface area contributed by atoms with Gasteiger partial charge < -0.3 is 19.5 Å². The lowest BCUT2D eigenvalue weighted by Gasteiger charge is -2.28. The molecule has 3 rings (SSSR count). The Balaban J connectivity index is 1.75. The van der Waals surface area contributed by atoms with E-state index in [4.69, 9.17) is 4.42 Å². The molecule has 6 nitrogen and oxygen atoms in total. The first kappa shape index (κ1) is 23.1. The number of carbonyl (C=O) groups excluding carboxylic acids is 2. The van der Waals surface area contributed by atoms with Crippen LogP contribution in [-0.2, 0) is 17.9 Å². The third kappa shape index (κ3) is 6.23. The summed E-state index contributed by atoms with van der Waals surface area (Å²) in [5.74, 6) is 0.576. The van der Waals surface area contributed by atoms with Gasteiger partial charge in [0.15, 0.2) is 0 Å². The smallest absolute Gasteiger partial charge is 0.322 e. The fourth-order valence-corrected chi connectivity index (χ4v) is 3.61. The van der Waals surface area contributed by atoms with Crippen LogP contribution in [0, 0.1) is 13.8 Å². The van der Waals surface area contributed by atoms with Gasteiger partial charge in [0.1, 0.15) is 12.3 Å². The molecule has 0 saturated carbocycles. The molecule has 3 aromatic rings. The summed E-state index contributed by atoms with van der Waals surface area (Å²) in [5.41, 5.74) is 3.80. The minimum atomic E-state index is -0.268. The van der Waals surface area contributed by atoms with Crippen LogP contribution in [0.25, 0.3) is 0 Å². The zero-order valence-corrected chi connectivity index (χ0v) is 19.0. The molecule has 3 amide bonds. The molecule has 0 aliphatic rings. The number of aryl methyl sites for hydroxylation is 2. The normalized spacial score (nSPS) is 10.6. The molecule has 168 valence electrons. The summed E-state index contributed by atoms with van der Waals surface area (Å²) in [6.07, 6.45) is 2.35. The number of benzene rings is 2. The number of para-hydroxylation sites is 1. The van der Waals surface area contributed by atoms with Gasteiger partial charge in [-0.2, -0.15) is 0 Å². The van der Waals surface area contributed by atoms with Crippen LogP contribution in [0.5, 0.6) is 0 Å². The maximum absolute atomic E-state index is 13.3. The number of amides is 3. The average molecular weight is 434 g/mol. The van der Waals surface area contributed by atoms with Crippen molar-refractivity contribution in [1.29, 1.82) is 0 Å². The number of carbonyl (C=O) groups is 2. The molecule has 0 aliphatic carbocycles. The molecule has 1 heterocycles. The lowest BCUT2D eigenvalue weighted by atomic mass is 10.1. The fourth-order valence-electron chi connectivity index (χ4n) is 3.61. The molecule has 0 radical (unpaired) electrons.